The van der Waals surface area contributed by atoms with Gasteiger partial charge in [0.15, 0.2) is 0 Å². The van der Waals surface area contributed by atoms with Crippen LogP contribution >= 0.6 is 0 Å². The van der Waals surface area contributed by atoms with Crippen molar-refractivity contribution in [3.63, 3.8) is 0 Å². The van der Waals surface area contributed by atoms with Crippen LogP contribution in [0.25, 0.3) is 0 Å². The van der Waals surface area contributed by atoms with E-state index in [2.05, 4.69) is 52.2 Å². The van der Waals surface area contributed by atoms with Crippen molar-refractivity contribution in [2.75, 3.05) is 0 Å². The van der Waals surface area contributed by atoms with Crippen molar-refractivity contribution in [1.29, 1.82) is 0 Å². The zero-order valence-electron chi connectivity index (χ0n) is 15.7. The van der Waals surface area contributed by atoms with E-state index in [0.717, 1.165) is 29.7 Å². The van der Waals surface area contributed by atoms with Crippen LogP contribution in [0, 0.1) is 0 Å². The molecule has 1 fully saturated rings. The fourth-order valence-corrected chi connectivity index (χ4v) is 4.40. The third-order valence-electron chi connectivity index (χ3n) is 5.30. The number of benzene rings is 1. The highest BCUT2D eigenvalue weighted by atomic mass is 16.5. The smallest absolute Gasteiger partial charge is 0.251 e. The molecule has 3 rings (SSSR count). The van der Waals surface area contributed by atoms with Gasteiger partial charge in [0, 0.05) is 34.2 Å². The van der Waals surface area contributed by atoms with Gasteiger partial charge >= 0.3 is 0 Å². The third kappa shape index (κ3) is 3.44. The second-order valence-electron chi connectivity index (χ2n) is 8.84. The summed E-state index contributed by atoms with van der Waals surface area (Å²) < 4.78 is 5.82. The summed E-state index contributed by atoms with van der Waals surface area (Å²) in [5.74, 6) is 1.25. The molecule has 1 amide bonds. The molecule has 2 atom stereocenters. The molecule has 2 aliphatic heterocycles. The van der Waals surface area contributed by atoms with E-state index >= 15 is 0 Å². The molecular formula is C20H30N2O2. The Balaban J connectivity index is 1.74. The summed E-state index contributed by atoms with van der Waals surface area (Å²) in [6, 6.07) is 5.98. The quantitative estimate of drug-likeness (QED) is 0.871. The number of rotatable bonds is 2. The highest BCUT2D eigenvalue weighted by molar-refractivity contribution is 5.95. The van der Waals surface area contributed by atoms with E-state index in [1.54, 1.807) is 0 Å². The minimum absolute atomic E-state index is 0.0167. The van der Waals surface area contributed by atoms with E-state index in [4.69, 9.17) is 4.74 Å². The molecule has 0 bridgehead atoms. The molecule has 2 aliphatic rings. The van der Waals surface area contributed by atoms with Gasteiger partial charge in [0.1, 0.15) is 11.9 Å². The van der Waals surface area contributed by atoms with Crippen molar-refractivity contribution in [2.24, 2.45) is 0 Å². The first-order chi connectivity index (χ1) is 11.1. The average Bonchev–Trinajstić information content (AvgIpc) is 2.70. The van der Waals surface area contributed by atoms with Gasteiger partial charge in [-0.05, 0) is 65.7 Å². The normalized spacial score (nSPS) is 28.1. The number of carbonyl (C=O) groups is 1. The van der Waals surface area contributed by atoms with E-state index in [-0.39, 0.29) is 29.1 Å². The molecule has 24 heavy (non-hydrogen) atoms. The number of nitrogens with one attached hydrogen (secondary N) is 2. The second-order valence-corrected chi connectivity index (χ2v) is 8.84. The maximum atomic E-state index is 12.8. The van der Waals surface area contributed by atoms with E-state index < -0.39 is 0 Å². The molecule has 1 aromatic carbocycles. The summed E-state index contributed by atoms with van der Waals surface area (Å²) >= 11 is 0. The maximum absolute atomic E-state index is 12.8. The highest BCUT2D eigenvalue weighted by Gasteiger charge is 2.38. The van der Waals surface area contributed by atoms with Gasteiger partial charge in [0.2, 0.25) is 0 Å². The summed E-state index contributed by atoms with van der Waals surface area (Å²) in [5.41, 5.74) is 1.92. The van der Waals surface area contributed by atoms with Gasteiger partial charge < -0.3 is 15.4 Å². The number of hydrogen-bond donors (Lipinski definition) is 2. The molecule has 132 valence electrons. The van der Waals surface area contributed by atoms with Gasteiger partial charge in [-0.25, -0.2) is 0 Å². The predicted molar refractivity (Wildman–Crippen MR) is 96.7 cm³/mol. The lowest BCUT2D eigenvalue weighted by Crippen LogP contribution is -2.62. The number of piperidine rings is 1. The Labute approximate surface area is 145 Å². The van der Waals surface area contributed by atoms with Crippen molar-refractivity contribution < 1.29 is 9.53 Å². The largest absolute Gasteiger partial charge is 0.490 e. The number of hydrogen-bond acceptors (Lipinski definition) is 3. The van der Waals surface area contributed by atoms with E-state index in [9.17, 15) is 4.79 Å². The Morgan fingerprint density at radius 3 is 2.42 bits per heavy atom. The van der Waals surface area contributed by atoms with Gasteiger partial charge in [0.25, 0.3) is 5.91 Å². The first kappa shape index (κ1) is 17.3. The van der Waals surface area contributed by atoms with Crippen molar-refractivity contribution >= 4 is 5.91 Å². The molecule has 1 aromatic rings. The number of fused-ring (bicyclic) bond motifs is 1. The lowest BCUT2D eigenvalue weighted by atomic mass is 9.79. The minimum atomic E-state index is 0.0167. The van der Waals surface area contributed by atoms with Crippen molar-refractivity contribution in [2.45, 2.75) is 83.5 Å². The number of ether oxygens (including phenoxy) is 1. The first-order valence-corrected chi connectivity index (χ1v) is 8.97. The molecule has 2 unspecified atom stereocenters. The summed E-state index contributed by atoms with van der Waals surface area (Å²) in [6.07, 6.45) is 2.04. The topological polar surface area (TPSA) is 50.4 Å². The highest BCUT2D eigenvalue weighted by Crippen LogP contribution is 2.38. The van der Waals surface area contributed by atoms with Crippen LogP contribution in [-0.4, -0.2) is 29.1 Å². The Hall–Kier alpha value is -1.55. The van der Waals surface area contributed by atoms with E-state index in [1.165, 1.54) is 0 Å². The average molecular weight is 330 g/mol. The zero-order valence-corrected chi connectivity index (χ0v) is 15.7. The molecule has 0 radical (unpaired) electrons. The van der Waals surface area contributed by atoms with Gasteiger partial charge in [-0.15, -0.1) is 0 Å². The van der Waals surface area contributed by atoms with Crippen LogP contribution in [-0.2, 0) is 0 Å². The Kier molecular flexibility index (Phi) is 4.15. The lowest BCUT2D eigenvalue weighted by Gasteiger charge is -2.46. The molecular weight excluding hydrogens is 300 g/mol. The van der Waals surface area contributed by atoms with Crippen LogP contribution in [0.3, 0.4) is 0 Å². The first-order valence-electron chi connectivity index (χ1n) is 8.97. The Morgan fingerprint density at radius 1 is 1.17 bits per heavy atom. The molecule has 4 nitrogen and oxygen atoms in total. The van der Waals surface area contributed by atoms with Crippen molar-refractivity contribution in [3.05, 3.63) is 29.3 Å². The predicted octanol–water partition coefficient (Wildman–Crippen LogP) is 3.61. The van der Waals surface area contributed by atoms with Crippen LogP contribution < -0.4 is 15.4 Å². The van der Waals surface area contributed by atoms with Gasteiger partial charge in [-0.3, -0.25) is 4.79 Å². The fraction of sp³-hybridized carbons (Fsp3) is 0.650. The van der Waals surface area contributed by atoms with Crippen molar-refractivity contribution in [1.82, 2.24) is 10.6 Å². The standard InChI is InChI=1S/C20H30N2O2/c1-12-13(2)24-17-8-7-14(9-16(12)17)18(23)21-15-10-19(3,4)22-20(5,6)11-15/h7-9,12-13,15,22H,10-11H2,1-6H3,(H,21,23). The van der Waals surface area contributed by atoms with Crippen LogP contribution in [0.2, 0.25) is 0 Å². The SMILES string of the molecule is CC1Oc2ccc(C(=O)NC3CC(C)(C)NC(C)(C)C3)cc2C1C. The second kappa shape index (κ2) is 5.76. The molecule has 0 spiro atoms. The number of carbonyl (C=O) groups excluding carboxylic acids is 1. The minimum Gasteiger partial charge on any atom is -0.490 e. The monoisotopic (exact) mass is 330 g/mol. The maximum Gasteiger partial charge on any atom is 0.251 e. The van der Waals surface area contributed by atoms with Crippen LogP contribution in [0.5, 0.6) is 5.75 Å². The van der Waals surface area contributed by atoms with Crippen LogP contribution in [0.1, 0.15) is 76.2 Å². The van der Waals surface area contributed by atoms with Gasteiger partial charge in [-0.1, -0.05) is 6.92 Å². The molecule has 4 heteroatoms. The summed E-state index contributed by atoms with van der Waals surface area (Å²) in [4.78, 5) is 12.8. The third-order valence-corrected chi connectivity index (χ3v) is 5.30. The summed E-state index contributed by atoms with van der Waals surface area (Å²) in [7, 11) is 0. The number of amides is 1. The Bertz CT molecular complexity index is 635. The molecule has 2 N–H and O–H groups in total. The van der Waals surface area contributed by atoms with Crippen molar-refractivity contribution in [3.8, 4) is 5.75 Å². The molecule has 0 aromatic heterocycles. The van der Waals surface area contributed by atoms with Gasteiger partial charge in [-0.2, -0.15) is 0 Å². The van der Waals surface area contributed by atoms with Gasteiger partial charge in [0.05, 0.1) is 0 Å². The van der Waals surface area contributed by atoms with Crippen LogP contribution in [0.15, 0.2) is 18.2 Å². The summed E-state index contributed by atoms with van der Waals surface area (Å²) in [6.45, 7) is 13.0. The van der Waals surface area contributed by atoms with E-state index in [1.807, 2.05) is 18.2 Å². The molecule has 0 saturated carbocycles. The summed E-state index contributed by atoms with van der Waals surface area (Å²) in [5, 5.41) is 6.90. The molecule has 0 aliphatic carbocycles. The molecule has 2 heterocycles. The zero-order chi connectivity index (χ0) is 17.7. The Morgan fingerprint density at radius 2 is 1.79 bits per heavy atom. The van der Waals surface area contributed by atoms with Crippen LogP contribution in [0.4, 0.5) is 0 Å². The lowest BCUT2D eigenvalue weighted by molar-refractivity contribution is 0.0873. The fourth-order valence-electron chi connectivity index (χ4n) is 4.40. The van der Waals surface area contributed by atoms with E-state index in [0.29, 0.717) is 5.92 Å². The molecule has 1 saturated heterocycles.